The van der Waals surface area contributed by atoms with Gasteiger partial charge in [0.25, 0.3) is 0 Å². The van der Waals surface area contributed by atoms with Crippen LogP contribution in [0.5, 0.6) is 0 Å². The summed E-state index contributed by atoms with van der Waals surface area (Å²) < 4.78 is 0. The zero-order valence-corrected chi connectivity index (χ0v) is 6.52. The van der Waals surface area contributed by atoms with Crippen LogP contribution < -0.4 is 0 Å². The molecule has 0 aliphatic heterocycles. The van der Waals surface area contributed by atoms with Crippen molar-refractivity contribution in [3.8, 4) is 0 Å². The van der Waals surface area contributed by atoms with E-state index in [-0.39, 0.29) is 6.04 Å². The fourth-order valence-corrected chi connectivity index (χ4v) is 1.16. The molecule has 0 unspecified atom stereocenters. The average Bonchev–Trinajstić information content (AvgIpc) is 2.46. The summed E-state index contributed by atoms with van der Waals surface area (Å²) in [4.78, 5) is 21.8. The monoisotopic (exact) mass is 181 g/mol. The van der Waals surface area contributed by atoms with E-state index in [9.17, 15) is 9.59 Å². The Morgan fingerprint density at radius 3 is 1.70 bits per heavy atom. The molecule has 10 heavy (non-hydrogen) atoms. The van der Waals surface area contributed by atoms with Gasteiger partial charge in [0, 0.05) is 6.04 Å². The van der Waals surface area contributed by atoms with Crippen LogP contribution in [0.2, 0.25) is 0 Å². The van der Waals surface area contributed by atoms with Gasteiger partial charge in [-0.1, -0.05) is 0 Å². The van der Waals surface area contributed by atoms with Gasteiger partial charge in [-0.3, -0.25) is 14.5 Å². The first-order chi connectivity index (χ1) is 4.63. The van der Waals surface area contributed by atoms with Crippen molar-refractivity contribution >= 4 is 33.9 Å². The number of hydrogen-bond acceptors (Lipinski definition) is 2. The normalized spacial score (nSPS) is 16.6. The number of imide groups is 1. The van der Waals surface area contributed by atoms with Crippen LogP contribution in [-0.2, 0) is 0 Å². The third-order valence-corrected chi connectivity index (χ3v) is 1.66. The quantitative estimate of drug-likeness (QED) is 0.460. The van der Waals surface area contributed by atoms with Crippen molar-refractivity contribution in [2.45, 2.75) is 18.9 Å². The van der Waals surface area contributed by atoms with Crippen molar-refractivity contribution in [1.82, 2.24) is 4.90 Å². The molecule has 0 aromatic heterocycles. The third kappa shape index (κ3) is 1.61. The lowest BCUT2D eigenvalue weighted by atomic mass is 10.6. The zero-order valence-electron chi connectivity index (χ0n) is 5.01. The number of nitrogens with zero attached hydrogens (tertiary/aromatic N) is 1. The standard InChI is InChI=1S/C5H5Cl2NO2/c6-4(9)8(5(7)10)3-1-2-3/h3H,1-2H2. The van der Waals surface area contributed by atoms with Gasteiger partial charge >= 0.3 is 10.7 Å². The molecule has 1 aliphatic rings. The zero-order chi connectivity index (χ0) is 7.72. The average molecular weight is 182 g/mol. The Bertz CT molecular complexity index is 164. The van der Waals surface area contributed by atoms with E-state index in [1.165, 1.54) is 0 Å². The van der Waals surface area contributed by atoms with Crippen LogP contribution in [0, 0.1) is 0 Å². The Kier molecular flexibility index (Phi) is 2.16. The minimum Gasteiger partial charge on any atom is -0.255 e. The van der Waals surface area contributed by atoms with Gasteiger partial charge in [0.1, 0.15) is 0 Å². The van der Waals surface area contributed by atoms with Gasteiger partial charge in [-0.05, 0) is 36.0 Å². The summed E-state index contributed by atoms with van der Waals surface area (Å²) in [6.45, 7) is 0. The number of amides is 2. The van der Waals surface area contributed by atoms with Crippen LogP contribution in [0.4, 0.5) is 9.59 Å². The molecule has 0 heterocycles. The molecule has 56 valence electrons. The topological polar surface area (TPSA) is 37.4 Å². The van der Waals surface area contributed by atoms with Gasteiger partial charge in [0.05, 0.1) is 0 Å². The Morgan fingerprint density at radius 2 is 1.60 bits per heavy atom. The number of carbonyl (C=O) groups is 2. The number of halogens is 2. The molecule has 0 aromatic rings. The molecule has 1 fully saturated rings. The maximum absolute atomic E-state index is 10.5. The van der Waals surface area contributed by atoms with Gasteiger partial charge in [-0.25, -0.2) is 0 Å². The molecule has 5 heteroatoms. The molecular weight excluding hydrogens is 177 g/mol. The molecule has 0 bridgehead atoms. The largest absolute Gasteiger partial charge is 0.324 e. The van der Waals surface area contributed by atoms with Gasteiger partial charge in [-0.2, -0.15) is 0 Å². The Labute approximate surface area is 67.9 Å². The van der Waals surface area contributed by atoms with E-state index in [0.29, 0.717) is 0 Å². The van der Waals surface area contributed by atoms with E-state index in [0.717, 1.165) is 17.7 Å². The molecule has 1 rings (SSSR count). The molecule has 0 N–H and O–H groups in total. The minimum absolute atomic E-state index is 0.0463. The predicted octanol–water partition coefficient (Wildman–Crippen LogP) is 2.17. The van der Waals surface area contributed by atoms with Crippen molar-refractivity contribution in [1.29, 1.82) is 0 Å². The molecule has 0 saturated heterocycles. The summed E-state index contributed by atoms with van der Waals surface area (Å²) in [5.74, 6) is 0. The summed E-state index contributed by atoms with van der Waals surface area (Å²) in [6.07, 6.45) is 1.63. The van der Waals surface area contributed by atoms with Crippen molar-refractivity contribution in [3.63, 3.8) is 0 Å². The maximum Gasteiger partial charge on any atom is 0.324 e. The van der Waals surface area contributed by atoms with Crippen molar-refractivity contribution in [3.05, 3.63) is 0 Å². The molecule has 1 saturated carbocycles. The fraction of sp³-hybridized carbons (Fsp3) is 0.600. The van der Waals surface area contributed by atoms with Crippen LogP contribution in [0.15, 0.2) is 0 Å². The Hall–Kier alpha value is -0.280. The van der Waals surface area contributed by atoms with Crippen molar-refractivity contribution < 1.29 is 9.59 Å². The van der Waals surface area contributed by atoms with E-state index in [2.05, 4.69) is 0 Å². The summed E-state index contributed by atoms with van der Waals surface area (Å²) in [6, 6.07) is -0.0463. The number of rotatable bonds is 1. The van der Waals surface area contributed by atoms with E-state index >= 15 is 0 Å². The SMILES string of the molecule is O=C(Cl)N(C(=O)Cl)C1CC1. The lowest BCUT2D eigenvalue weighted by Crippen LogP contribution is -2.30. The van der Waals surface area contributed by atoms with Crippen molar-refractivity contribution in [2.24, 2.45) is 0 Å². The summed E-state index contributed by atoms with van der Waals surface area (Å²) >= 11 is 10.1. The first-order valence-corrected chi connectivity index (χ1v) is 3.56. The highest BCUT2D eigenvalue weighted by Crippen LogP contribution is 2.28. The molecule has 0 aromatic carbocycles. The number of hydrogen-bond donors (Lipinski definition) is 0. The second-order valence-corrected chi connectivity index (χ2v) is 2.75. The molecule has 0 atom stereocenters. The highest BCUT2D eigenvalue weighted by Gasteiger charge is 2.35. The molecule has 0 radical (unpaired) electrons. The van der Waals surface area contributed by atoms with Gasteiger partial charge in [-0.15, -0.1) is 0 Å². The molecule has 2 amide bonds. The summed E-state index contributed by atoms with van der Waals surface area (Å²) in [5.41, 5.74) is 0. The highest BCUT2D eigenvalue weighted by molar-refractivity contribution is 6.71. The third-order valence-electron chi connectivity index (χ3n) is 1.29. The summed E-state index contributed by atoms with van der Waals surface area (Å²) in [5, 5.41) is -1.58. The van der Waals surface area contributed by atoms with Gasteiger partial charge in [0.2, 0.25) is 0 Å². The van der Waals surface area contributed by atoms with E-state index in [1.54, 1.807) is 0 Å². The van der Waals surface area contributed by atoms with E-state index < -0.39 is 10.7 Å². The van der Waals surface area contributed by atoms with Crippen LogP contribution in [-0.4, -0.2) is 21.7 Å². The smallest absolute Gasteiger partial charge is 0.255 e. The molecule has 3 nitrogen and oxygen atoms in total. The van der Waals surface area contributed by atoms with E-state index in [4.69, 9.17) is 23.2 Å². The summed E-state index contributed by atoms with van der Waals surface area (Å²) in [7, 11) is 0. The molecule has 0 spiro atoms. The van der Waals surface area contributed by atoms with Crippen LogP contribution in [0.25, 0.3) is 0 Å². The first-order valence-electron chi connectivity index (χ1n) is 2.81. The second-order valence-electron chi connectivity index (χ2n) is 2.11. The Balaban J connectivity index is 2.58. The van der Waals surface area contributed by atoms with Gasteiger partial charge < -0.3 is 0 Å². The lowest BCUT2D eigenvalue weighted by molar-refractivity contribution is 0.212. The van der Waals surface area contributed by atoms with E-state index in [1.807, 2.05) is 0 Å². The first kappa shape index (κ1) is 7.82. The fourth-order valence-electron chi connectivity index (χ4n) is 0.689. The Morgan fingerprint density at radius 1 is 1.20 bits per heavy atom. The lowest BCUT2D eigenvalue weighted by Gasteiger charge is -2.11. The van der Waals surface area contributed by atoms with Crippen LogP contribution in [0.1, 0.15) is 12.8 Å². The van der Waals surface area contributed by atoms with Crippen LogP contribution in [0.3, 0.4) is 0 Å². The maximum atomic E-state index is 10.5. The second kappa shape index (κ2) is 2.76. The van der Waals surface area contributed by atoms with Gasteiger partial charge in [0.15, 0.2) is 0 Å². The minimum atomic E-state index is -0.789. The predicted molar refractivity (Wildman–Crippen MR) is 37.4 cm³/mol. The van der Waals surface area contributed by atoms with Crippen molar-refractivity contribution in [2.75, 3.05) is 0 Å². The molecular formula is C5H5Cl2NO2. The molecule has 1 aliphatic carbocycles. The highest BCUT2D eigenvalue weighted by atomic mass is 35.5. The number of carbonyl (C=O) groups excluding carboxylic acids is 2. The van der Waals surface area contributed by atoms with Crippen LogP contribution >= 0.6 is 23.2 Å².